The lowest BCUT2D eigenvalue weighted by Crippen LogP contribution is -2.37. The molecule has 2 aromatic carbocycles. The highest BCUT2D eigenvalue weighted by Crippen LogP contribution is 2.41. The standard InChI is InChI=1S/C43H57F2N3O14S.ClH/c1-5-60-38(52)8-7-31(49)35-20-29-34(63-35)22-33(56-4)42(39(29)44)62-12-6-11-61-41-32(55-3)19-27-24-48(25-30(27)40(41)45)37(51)21-28(43(53)54)26(2)23-47-36(50)9-13-57-15-17-59-18-16-58-14-10-46;/h19-20,22,26,28H,5-18,21,23-25,46H2,1-4H3,(H,47,50)(H,53,54);1H/t26?,28-;/m0./s1. The number of aliphatic carboxylic acids is 1. The van der Waals surface area contributed by atoms with E-state index in [2.05, 4.69) is 5.32 Å². The van der Waals surface area contributed by atoms with Crippen LogP contribution in [0.5, 0.6) is 23.0 Å². The first-order chi connectivity index (χ1) is 30.3. The molecule has 4 N–H and O–H groups in total. The van der Waals surface area contributed by atoms with Crippen LogP contribution in [0, 0.1) is 23.5 Å². The SMILES string of the molecule is CCOC(=O)CCC(=O)c1cc2c(F)c(OCCCOc3c(OC)cc4c(c3F)CN(C(=O)C[C@H](C(=O)O)C(C)CNC(=O)CCOCCOCCOCCN)C4)c(OC)cc2s1.Cl. The normalized spacial score (nSPS) is 12.8. The van der Waals surface area contributed by atoms with Crippen LogP contribution < -0.4 is 30.0 Å². The highest BCUT2D eigenvalue weighted by atomic mass is 35.5. The zero-order valence-corrected chi connectivity index (χ0v) is 38.1. The first-order valence-electron chi connectivity index (χ1n) is 20.7. The van der Waals surface area contributed by atoms with Gasteiger partial charge in [0.15, 0.2) is 40.4 Å². The molecule has 1 aliphatic rings. The Morgan fingerprint density at radius 2 is 1.47 bits per heavy atom. The van der Waals surface area contributed by atoms with Crippen molar-refractivity contribution in [2.45, 2.75) is 59.0 Å². The van der Waals surface area contributed by atoms with Crippen molar-refractivity contribution in [1.29, 1.82) is 0 Å². The van der Waals surface area contributed by atoms with Crippen LogP contribution in [0.25, 0.3) is 10.1 Å². The number of halogens is 3. The molecule has 0 saturated carbocycles. The number of nitrogens with one attached hydrogen (secondary N) is 1. The van der Waals surface area contributed by atoms with Gasteiger partial charge >= 0.3 is 11.9 Å². The molecule has 3 aromatic rings. The van der Waals surface area contributed by atoms with E-state index < -0.39 is 41.3 Å². The number of ketones is 1. The number of fused-ring (bicyclic) bond motifs is 2. The van der Waals surface area contributed by atoms with Gasteiger partial charge in [-0.15, -0.1) is 23.7 Å². The van der Waals surface area contributed by atoms with Crippen molar-refractivity contribution in [3.63, 3.8) is 0 Å². The number of nitrogens with zero attached hydrogens (tertiary/aromatic N) is 1. The molecule has 2 atom stereocenters. The van der Waals surface area contributed by atoms with Gasteiger partial charge in [0, 0.05) is 73.6 Å². The number of rotatable bonds is 30. The maximum Gasteiger partial charge on any atom is 0.307 e. The summed E-state index contributed by atoms with van der Waals surface area (Å²) in [6.45, 7) is 5.77. The summed E-state index contributed by atoms with van der Waals surface area (Å²) in [4.78, 5) is 64.0. The van der Waals surface area contributed by atoms with Crippen molar-refractivity contribution in [2.24, 2.45) is 17.6 Å². The lowest BCUT2D eigenvalue weighted by atomic mass is 9.90. The monoisotopic (exact) mass is 945 g/mol. The van der Waals surface area contributed by atoms with E-state index in [1.165, 1.54) is 25.2 Å². The molecule has 17 nitrogen and oxygen atoms in total. The van der Waals surface area contributed by atoms with Crippen LogP contribution in [0.2, 0.25) is 0 Å². The molecule has 0 aliphatic carbocycles. The number of esters is 1. The number of carbonyl (C=O) groups excluding carboxylic acids is 4. The number of amides is 2. The maximum absolute atomic E-state index is 16.0. The molecule has 64 heavy (non-hydrogen) atoms. The molecule has 1 unspecified atom stereocenters. The highest BCUT2D eigenvalue weighted by Gasteiger charge is 2.34. The number of methoxy groups -OCH3 is 2. The average Bonchev–Trinajstić information content (AvgIpc) is 3.91. The fourth-order valence-electron chi connectivity index (χ4n) is 6.57. The van der Waals surface area contributed by atoms with Gasteiger partial charge in [-0.3, -0.25) is 24.0 Å². The van der Waals surface area contributed by atoms with E-state index in [9.17, 15) is 29.1 Å². The molecule has 2 amide bonds. The van der Waals surface area contributed by atoms with E-state index in [0.29, 0.717) is 43.2 Å². The Labute approximate surface area is 380 Å². The fourth-order valence-corrected chi connectivity index (χ4v) is 7.62. The molecule has 0 fully saturated rings. The van der Waals surface area contributed by atoms with Crippen LogP contribution in [0.3, 0.4) is 0 Å². The molecule has 0 saturated heterocycles. The second-order valence-corrected chi connectivity index (χ2v) is 15.5. The Hall–Kier alpha value is -4.86. The lowest BCUT2D eigenvalue weighted by molar-refractivity contribution is -0.148. The Bertz CT molecular complexity index is 2040. The number of Topliss-reactive ketones (excluding diaryl/α,β-unsaturated/α-hetero) is 1. The number of carboxylic acid groups (broad SMARTS) is 1. The van der Waals surface area contributed by atoms with Crippen LogP contribution in [-0.2, 0) is 51.2 Å². The van der Waals surface area contributed by atoms with Crippen molar-refractivity contribution in [1.82, 2.24) is 10.2 Å². The van der Waals surface area contributed by atoms with E-state index in [0.717, 1.165) is 11.3 Å². The minimum atomic E-state index is -1.20. The first kappa shape index (κ1) is 53.5. The smallest absolute Gasteiger partial charge is 0.307 e. The van der Waals surface area contributed by atoms with Gasteiger partial charge < -0.3 is 59.0 Å². The molecule has 21 heteroatoms. The molecule has 356 valence electrons. The Morgan fingerprint density at radius 3 is 2.09 bits per heavy atom. The number of hydrogen-bond acceptors (Lipinski definition) is 15. The summed E-state index contributed by atoms with van der Waals surface area (Å²) in [6, 6.07) is 4.53. The number of carbonyl (C=O) groups is 5. The second-order valence-electron chi connectivity index (χ2n) is 14.4. The topological polar surface area (TPSA) is 221 Å². The molecular formula is C43H58ClF2N3O14S. The summed E-state index contributed by atoms with van der Waals surface area (Å²) in [5.74, 6) is -6.24. The van der Waals surface area contributed by atoms with E-state index in [1.54, 1.807) is 26.0 Å². The largest absolute Gasteiger partial charge is 0.493 e. The van der Waals surface area contributed by atoms with Gasteiger partial charge in [0.05, 0.1) is 90.9 Å². The third kappa shape index (κ3) is 15.4. The van der Waals surface area contributed by atoms with Crippen LogP contribution in [0.4, 0.5) is 8.78 Å². The van der Waals surface area contributed by atoms with Crippen LogP contribution >= 0.6 is 23.7 Å². The number of carboxylic acids is 1. The molecule has 0 bridgehead atoms. The van der Waals surface area contributed by atoms with Crippen molar-refractivity contribution in [3.05, 3.63) is 45.8 Å². The minimum Gasteiger partial charge on any atom is -0.493 e. The summed E-state index contributed by atoms with van der Waals surface area (Å²) in [5, 5.41) is 12.8. The van der Waals surface area contributed by atoms with Gasteiger partial charge in [-0.1, -0.05) is 6.92 Å². The van der Waals surface area contributed by atoms with Crippen LogP contribution in [0.1, 0.15) is 66.8 Å². The van der Waals surface area contributed by atoms with Crippen molar-refractivity contribution in [3.8, 4) is 23.0 Å². The summed E-state index contributed by atoms with van der Waals surface area (Å²) < 4.78 is 75.3. The number of hydrogen-bond donors (Lipinski definition) is 3. The maximum atomic E-state index is 16.0. The molecule has 1 aromatic heterocycles. The Morgan fingerprint density at radius 1 is 0.844 bits per heavy atom. The predicted octanol–water partition coefficient (Wildman–Crippen LogP) is 5.08. The summed E-state index contributed by atoms with van der Waals surface area (Å²) in [7, 11) is 2.69. The Kier molecular flexibility index (Phi) is 22.9. The van der Waals surface area contributed by atoms with Crippen molar-refractivity contribution in [2.75, 3.05) is 86.8 Å². The second kappa shape index (κ2) is 27.5. The lowest BCUT2D eigenvalue weighted by Gasteiger charge is -2.23. The molecule has 2 heterocycles. The quantitative estimate of drug-likeness (QED) is 0.0451. The van der Waals surface area contributed by atoms with Gasteiger partial charge in [0.2, 0.25) is 11.8 Å². The van der Waals surface area contributed by atoms with Gasteiger partial charge in [-0.2, -0.15) is 0 Å². The summed E-state index contributed by atoms with van der Waals surface area (Å²) in [5.41, 5.74) is 6.02. The zero-order chi connectivity index (χ0) is 45.9. The minimum absolute atomic E-state index is 0. The molecule has 0 radical (unpaired) electrons. The number of benzene rings is 2. The van der Waals surface area contributed by atoms with E-state index in [1.807, 2.05) is 0 Å². The zero-order valence-electron chi connectivity index (χ0n) is 36.5. The fraction of sp³-hybridized carbons (Fsp3) is 0.558. The molecule has 4 rings (SSSR count). The van der Waals surface area contributed by atoms with Gasteiger partial charge in [0.1, 0.15) is 0 Å². The van der Waals surface area contributed by atoms with Gasteiger partial charge in [-0.25, -0.2) is 8.78 Å². The first-order valence-corrected chi connectivity index (χ1v) is 21.5. The average molecular weight is 946 g/mol. The predicted molar refractivity (Wildman–Crippen MR) is 233 cm³/mol. The molecular weight excluding hydrogens is 888 g/mol. The summed E-state index contributed by atoms with van der Waals surface area (Å²) in [6.07, 6.45) is -0.311. The molecule has 0 spiro atoms. The van der Waals surface area contributed by atoms with Crippen molar-refractivity contribution >= 4 is 63.4 Å². The number of ether oxygens (including phenoxy) is 8. The van der Waals surface area contributed by atoms with Crippen LogP contribution in [0.15, 0.2) is 18.2 Å². The van der Waals surface area contributed by atoms with Gasteiger partial charge in [-0.05, 0) is 30.5 Å². The highest BCUT2D eigenvalue weighted by molar-refractivity contribution is 7.20. The molecule has 1 aliphatic heterocycles. The van der Waals surface area contributed by atoms with E-state index in [4.69, 9.17) is 43.6 Å². The van der Waals surface area contributed by atoms with Crippen LogP contribution in [-0.4, -0.2) is 126 Å². The third-order valence-corrected chi connectivity index (χ3v) is 11.1. The van der Waals surface area contributed by atoms with Gasteiger partial charge in [0.25, 0.3) is 0 Å². The van der Waals surface area contributed by atoms with E-state index >= 15 is 8.78 Å². The Balaban J connectivity index is 0.0000109. The summed E-state index contributed by atoms with van der Waals surface area (Å²) >= 11 is 1.07. The third-order valence-electron chi connectivity index (χ3n) is 9.98. The van der Waals surface area contributed by atoms with Crippen molar-refractivity contribution < 1.29 is 75.8 Å². The number of nitrogens with two attached hydrogens (primary N) is 1. The number of thiophene rings is 1. The van der Waals surface area contributed by atoms with E-state index in [-0.39, 0.29) is 148 Å².